The highest BCUT2D eigenvalue weighted by Crippen LogP contribution is 2.28. The number of piperidine rings is 1. The van der Waals surface area contributed by atoms with Gasteiger partial charge >= 0.3 is 0 Å². The molecule has 2 aliphatic heterocycles. The Morgan fingerprint density at radius 3 is 3.05 bits per heavy atom. The van der Waals surface area contributed by atoms with Gasteiger partial charge in [0.25, 0.3) is 5.91 Å². The van der Waals surface area contributed by atoms with Gasteiger partial charge in [0.05, 0.1) is 18.4 Å². The number of para-hydroxylation sites is 1. The van der Waals surface area contributed by atoms with Gasteiger partial charge in [0.2, 0.25) is 0 Å². The largest absolute Gasteiger partial charge is 0.494 e. The first-order chi connectivity index (χ1) is 10.2. The van der Waals surface area contributed by atoms with Crippen molar-refractivity contribution in [3.8, 4) is 5.75 Å². The molecule has 1 amide bonds. The van der Waals surface area contributed by atoms with E-state index in [0.29, 0.717) is 23.0 Å². The molecule has 0 radical (unpaired) electrons. The Labute approximate surface area is 125 Å². The fourth-order valence-electron chi connectivity index (χ4n) is 3.58. The lowest BCUT2D eigenvalue weighted by Gasteiger charge is -2.35. The van der Waals surface area contributed by atoms with E-state index < -0.39 is 0 Å². The Balaban J connectivity index is 1.68. The number of hydrogen-bond donors (Lipinski definition) is 2. The minimum absolute atomic E-state index is 0.0874. The van der Waals surface area contributed by atoms with Crippen molar-refractivity contribution in [2.24, 2.45) is 0 Å². The highest BCUT2D eigenvalue weighted by Gasteiger charge is 2.32. The summed E-state index contributed by atoms with van der Waals surface area (Å²) in [4.78, 5) is 15.0. The molecule has 2 atom stereocenters. The van der Waals surface area contributed by atoms with Crippen molar-refractivity contribution in [2.75, 3.05) is 25.9 Å². The van der Waals surface area contributed by atoms with Gasteiger partial charge in [-0.2, -0.15) is 0 Å². The van der Waals surface area contributed by atoms with Gasteiger partial charge in [-0.15, -0.1) is 0 Å². The molecule has 0 saturated carbocycles. The van der Waals surface area contributed by atoms with Crippen LogP contribution < -0.4 is 15.8 Å². The smallest absolute Gasteiger partial charge is 0.255 e. The van der Waals surface area contributed by atoms with E-state index >= 15 is 0 Å². The van der Waals surface area contributed by atoms with Crippen LogP contribution in [0, 0.1) is 0 Å². The molecule has 1 aromatic rings. The molecule has 2 aliphatic rings. The fourth-order valence-corrected chi connectivity index (χ4v) is 3.58. The van der Waals surface area contributed by atoms with Crippen molar-refractivity contribution in [3.05, 3.63) is 23.8 Å². The summed E-state index contributed by atoms with van der Waals surface area (Å²) in [5.41, 5.74) is 6.88. The van der Waals surface area contributed by atoms with Crippen LogP contribution in [-0.2, 0) is 0 Å². The Kier molecular flexibility index (Phi) is 4.01. The summed E-state index contributed by atoms with van der Waals surface area (Å²) in [5.74, 6) is 0.379. The van der Waals surface area contributed by atoms with Crippen LogP contribution in [0.1, 0.15) is 36.0 Å². The topological polar surface area (TPSA) is 67.6 Å². The second kappa shape index (κ2) is 5.93. The molecule has 0 bridgehead atoms. The fraction of sp³-hybridized carbons (Fsp3) is 0.562. The molecule has 114 valence electrons. The maximum atomic E-state index is 12.5. The van der Waals surface area contributed by atoms with Crippen molar-refractivity contribution in [3.63, 3.8) is 0 Å². The zero-order valence-electron chi connectivity index (χ0n) is 12.5. The van der Waals surface area contributed by atoms with E-state index in [4.69, 9.17) is 10.5 Å². The molecule has 3 rings (SSSR count). The second-order valence-electron chi connectivity index (χ2n) is 5.95. The van der Waals surface area contributed by atoms with E-state index in [0.717, 1.165) is 19.4 Å². The standard InChI is InChI=1S/C16H23N3O2/c1-21-15-13(5-2-6-14(15)17)16(20)18-11-7-9-19-8-3-4-12(19)10-11/h2,5-6,11-12H,3-4,7-10,17H2,1H3,(H,18,20). The van der Waals surface area contributed by atoms with Crippen LogP contribution >= 0.6 is 0 Å². The predicted octanol–water partition coefficient (Wildman–Crippen LogP) is 1.63. The molecule has 2 fully saturated rings. The SMILES string of the molecule is COc1c(N)cccc1C(=O)NC1CCN2CCCC2C1. The maximum Gasteiger partial charge on any atom is 0.255 e. The quantitative estimate of drug-likeness (QED) is 0.830. The highest BCUT2D eigenvalue weighted by molar-refractivity contribution is 5.98. The summed E-state index contributed by atoms with van der Waals surface area (Å²) in [6.45, 7) is 2.30. The van der Waals surface area contributed by atoms with Crippen LogP contribution in [-0.4, -0.2) is 43.1 Å². The number of carbonyl (C=O) groups excluding carboxylic acids is 1. The first kappa shape index (κ1) is 14.2. The van der Waals surface area contributed by atoms with Gasteiger partial charge in [-0.25, -0.2) is 0 Å². The van der Waals surface area contributed by atoms with Crippen LogP contribution in [0.15, 0.2) is 18.2 Å². The summed E-state index contributed by atoms with van der Waals surface area (Å²) in [6, 6.07) is 6.18. The summed E-state index contributed by atoms with van der Waals surface area (Å²) in [7, 11) is 1.54. The van der Waals surface area contributed by atoms with Crippen LogP contribution in [0.2, 0.25) is 0 Å². The molecular weight excluding hydrogens is 266 g/mol. The number of carbonyl (C=O) groups is 1. The number of anilines is 1. The predicted molar refractivity (Wildman–Crippen MR) is 82.5 cm³/mol. The maximum absolute atomic E-state index is 12.5. The van der Waals surface area contributed by atoms with Crippen molar-refractivity contribution >= 4 is 11.6 Å². The third-order valence-corrected chi connectivity index (χ3v) is 4.65. The number of methoxy groups -OCH3 is 1. The van der Waals surface area contributed by atoms with Crippen LogP contribution in [0.25, 0.3) is 0 Å². The number of nitrogens with two attached hydrogens (primary N) is 1. The monoisotopic (exact) mass is 289 g/mol. The summed E-state index contributed by atoms with van der Waals surface area (Å²) in [6.07, 6.45) is 4.62. The molecule has 1 aromatic carbocycles. The lowest BCUT2D eigenvalue weighted by atomic mass is 9.97. The average molecular weight is 289 g/mol. The lowest BCUT2D eigenvalue weighted by Crippen LogP contribution is -2.47. The first-order valence-corrected chi connectivity index (χ1v) is 7.66. The normalized spacial score (nSPS) is 25.4. The van der Waals surface area contributed by atoms with Crippen LogP contribution in [0.5, 0.6) is 5.75 Å². The van der Waals surface area contributed by atoms with Crippen LogP contribution in [0.4, 0.5) is 5.69 Å². The van der Waals surface area contributed by atoms with E-state index in [1.807, 2.05) is 0 Å². The summed E-state index contributed by atoms with van der Waals surface area (Å²) >= 11 is 0. The third-order valence-electron chi connectivity index (χ3n) is 4.65. The zero-order chi connectivity index (χ0) is 14.8. The number of hydrogen-bond acceptors (Lipinski definition) is 4. The number of amides is 1. The number of nitrogen functional groups attached to an aromatic ring is 1. The van der Waals surface area contributed by atoms with Crippen molar-refractivity contribution in [1.29, 1.82) is 0 Å². The lowest BCUT2D eigenvalue weighted by molar-refractivity contribution is 0.0893. The van der Waals surface area contributed by atoms with Crippen molar-refractivity contribution in [1.82, 2.24) is 10.2 Å². The Morgan fingerprint density at radius 2 is 2.24 bits per heavy atom. The van der Waals surface area contributed by atoms with Gasteiger partial charge in [0.15, 0.2) is 5.75 Å². The molecule has 0 aliphatic carbocycles. The molecule has 3 N–H and O–H groups in total. The molecule has 5 nitrogen and oxygen atoms in total. The van der Waals surface area contributed by atoms with E-state index in [1.165, 1.54) is 19.4 Å². The van der Waals surface area contributed by atoms with Crippen molar-refractivity contribution < 1.29 is 9.53 Å². The minimum Gasteiger partial charge on any atom is -0.494 e. The molecule has 0 spiro atoms. The molecule has 0 aromatic heterocycles. The molecule has 5 heteroatoms. The number of nitrogens with zero attached hydrogens (tertiary/aromatic N) is 1. The number of rotatable bonds is 3. The minimum atomic E-state index is -0.0874. The molecule has 2 unspecified atom stereocenters. The second-order valence-corrected chi connectivity index (χ2v) is 5.95. The van der Waals surface area contributed by atoms with Crippen molar-refractivity contribution in [2.45, 2.75) is 37.8 Å². The number of nitrogens with one attached hydrogen (secondary N) is 1. The van der Waals surface area contributed by atoms with Gasteiger partial charge in [-0.1, -0.05) is 6.07 Å². The zero-order valence-corrected chi connectivity index (χ0v) is 12.5. The van der Waals surface area contributed by atoms with Gasteiger partial charge in [-0.05, 0) is 44.4 Å². The van der Waals surface area contributed by atoms with Gasteiger partial charge in [0.1, 0.15) is 0 Å². The van der Waals surface area contributed by atoms with Gasteiger partial charge < -0.3 is 20.7 Å². The number of fused-ring (bicyclic) bond motifs is 1. The van der Waals surface area contributed by atoms with E-state index in [-0.39, 0.29) is 11.9 Å². The van der Waals surface area contributed by atoms with Crippen LogP contribution in [0.3, 0.4) is 0 Å². The summed E-state index contributed by atoms with van der Waals surface area (Å²) < 4.78 is 5.26. The highest BCUT2D eigenvalue weighted by atomic mass is 16.5. The Hall–Kier alpha value is -1.75. The van der Waals surface area contributed by atoms with E-state index in [9.17, 15) is 4.79 Å². The van der Waals surface area contributed by atoms with E-state index in [1.54, 1.807) is 25.3 Å². The average Bonchev–Trinajstić information content (AvgIpc) is 2.94. The Bertz CT molecular complexity index is 532. The molecule has 21 heavy (non-hydrogen) atoms. The third kappa shape index (κ3) is 2.83. The molecule has 2 saturated heterocycles. The Morgan fingerprint density at radius 1 is 1.38 bits per heavy atom. The number of ether oxygens (including phenoxy) is 1. The van der Waals surface area contributed by atoms with E-state index in [2.05, 4.69) is 10.2 Å². The first-order valence-electron chi connectivity index (χ1n) is 7.66. The molecule has 2 heterocycles. The van der Waals surface area contributed by atoms with Gasteiger partial charge in [0, 0.05) is 18.6 Å². The number of benzene rings is 1. The molecular formula is C16H23N3O2. The van der Waals surface area contributed by atoms with Gasteiger partial charge in [-0.3, -0.25) is 4.79 Å². The summed E-state index contributed by atoms with van der Waals surface area (Å²) in [5, 5.41) is 3.15.